The van der Waals surface area contributed by atoms with Gasteiger partial charge in [0.1, 0.15) is 6.61 Å². The second-order valence-electron chi connectivity index (χ2n) is 5.13. The van der Waals surface area contributed by atoms with E-state index in [9.17, 15) is 9.59 Å². The van der Waals surface area contributed by atoms with E-state index in [4.69, 9.17) is 9.84 Å². The van der Waals surface area contributed by atoms with Crippen molar-refractivity contribution < 1.29 is 19.4 Å². The van der Waals surface area contributed by atoms with Crippen molar-refractivity contribution in [1.29, 1.82) is 0 Å². The van der Waals surface area contributed by atoms with Crippen molar-refractivity contribution in [2.24, 2.45) is 0 Å². The van der Waals surface area contributed by atoms with E-state index in [0.717, 1.165) is 12.8 Å². The van der Waals surface area contributed by atoms with Gasteiger partial charge in [0.25, 0.3) is 0 Å². The Morgan fingerprint density at radius 1 is 1.22 bits per heavy atom. The summed E-state index contributed by atoms with van der Waals surface area (Å²) in [5.74, 6) is -0.0246. The van der Waals surface area contributed by atoms with Gasteiger partial charge in [0, 0.05) is 13.1 Å². The summed E-state index contributed by atoms with van der Waals surface area (Å²) in [6.45, 7) is 5.04. The number of hydrogen-bond donors (Lipinski definition) is 1. The zero-order valence-corrected chi connectivity index (χ0v) is 10.8. The Bertz CT molecular complexity index is 345. The predicted octanol–water partition coefficient (Wildman–Crippen LogP) is 0.765. The van der Waals surface area contributed by atoms with E-state index in [1.54, 1.807) is 4.90 Å². The molecule has 0 aliphatic carbocycles. The number of rotatable bonds is 3. The summed E-state index contributed by atoms with van der Waals surface area (Å²) in [7, 11) is 0. The van der Waals surface area contributed by atoms with Crippen molar-refractivity contribution in [3.05, 3.63) is 0 Å². The molecule has 0 aromatic carbocycles. The van der Waals surface area contributed by atoms with Crippen molar-refractivity contribution in [1.82, 2.24) is 9.80 Å². The number of nitrogens with zero attached hydrogens (tertiary/aromatic N) is 2. The maximum Gasteiger partial charge on any atom is 0.407 e. The topological polar surface area (TPSA) is 70.1 Å². The molecule has 1 N–H and O–H groups in total. The molecule has 2 amide bonds. The minimum atomic E-state index is -0.879. The predicted molar refractivity (Wildman–Crippen MR) is 64.3 cm³/mol. The molecule has 2 saturated heterocycles. The van der Waals surface area contributed by atoms with Crippen LogP contribution in [0.1, 0.15) is 26.7 Å². The van der Waals surface area contributed by atoms with E-state index in [2.05, 4.69) is 0 Å². The van der Waals surface area contributed by atoms with E-state index in [0.29, 0.717) is 13.1 Å². The normalized spacial score (nSPS) is 26.8. The first kappa shape index (κ1) is 13.1. The van der Waals surface area contributed by atoms with Crippen molar-refractivity contribution in [3.8, 4) is 0 Å². The van der Waals surface area contributed by atoms with Gasteiger partial charge in [-0.25, -0.2) is 4.79 Å². The van der Waals surface area contributed by atoms with Crippen LogP contribution in [0.25, 0.3) is 0 Å². The summed E-state index contributed by atoms with van der Waals surface area (Å²) in [6.07, 6.45) is 0.635. The van der Waals surface area contributed by atoms with Crippen LogP contribution >= 0.6 is 0 Å². The first-order valence-electron chi connectivity index (χ1n) is 6.41. The number of hydrogen-bond acceptors (Lipinski definition) is 3. The lowest BCUT2D eigenvalue weighted by Gasteiger charge is -2.24. The van der Waals surface area contributed by atoms with Gasteiger partial charge < -0.3 is 19.6 Å². The van der Waals surface area contributed by atoms with Gasteiger partial charge in [-0.05, 0) is 26.7 Å². The fraction of sp³-hybridized carbons (Fsp3) is 0.833. The molecule has 2 rings (SSSR count). The number of carbonyl (C=O) groups is 2. The number of amides is 2. The molecule has 2 aliphatic rings. The second kappa shape index (κ2) is 5.14. The first-order chi connectivity index (χ1) is 8.50. The van der Waals surface area contributed by atoms with Crippen LogP contribution in [0.3, 0.4) is 0 Å². The maximum absolute atomic E-state index is 12.0. The monoisotopic (exact) mass is 256 g/mol. The van der Waals surface area contributed by atoms with Gasteiger partial charge in [0.05, 0.1) is 18.2 Å². The smallest absolute Gasteiger partial charge is 0.407 e. The summed E-state index contributed by atoms with van der Waals surface area (Å²) in [5, 5.41) is 9.06. The Labute approximate surface area is 106 Å². The zero-order chi connectivity index (χ0) is 13.3. The lowest BCUT2D eigenvalue weighted by molar-refractivity contribution is -0.138. The highest BCUT2D eigenvalue weighted by molar-refractivity contribution is 5.78. The molecule has 2 aliphatic heterocycles. The van der Waals surface area contributed by atoms with Crippen molar-refractivity contribution in [2.75, 3.05) is 19.7 Å². The van der Waals surface area contributed by atoms with Crippen molar-refractivity contribution in [2.45, 2.75) is 44.9 Å². The molecule has 6 nitrogen and oxygen atoms in total. The molecule has 102 valence electrons. The summed E-state index contributed by atoms with van der Waals surface area (Å²) in [6, 6.07) is 0.0230. The standard InChI is InChI=1S/C12H20N2O4/c1-8(2)18-7-11(15)13-5-3-10-9(13)4-6-14(10)12(16)17/h8-10H,3-7H2,1-2H3,(H,16,17). The molecule has 0 aromatic heterocycles. The quantitative estimate of drug-likeness (QED) is 0.809. The highest BCUT2D eigenvalue weighted by Gasteiger charge is 2.46. The molecular weight excluding hydrogens is 236 g/mol. The van der Waals surface area contributed by atoms with Gasteiger partial charge in [0.15, 0.2) is 0 Å². The molecule has 0 radical (unpaired) electrons. The van der Waals surface area contributed by atoms with Crippen LogP contribution in [0.5, 0.6) is 0 Å². The molecule has 2 fully saturated rings. The van der Waals surface area contributed by atoms with Crippen molar-refractivity contribution >= 4 is 12.0 Å². The molecule has 2 atom stereocenters. The van der Waals surface area contributed by atoms with Crippen molar-refractivity contribution in [3.63, 3.8) is 0 Å². The number of fused-ring (bicyclic) bond motifs is 1. The average Bonchev–Trinajstić information content (AvgIpc) is 2.85. The van der Waals surface area contributed by atoms with Crippen LogP contribution in [0, 0.1) is 0 Å². The molecule has 2 unspecified atom stereocenters. The summed E-state index contributed by atoms with van der Waals surface area (Å²) in [4.78, 5) is 26.3. The van der Waals surface area contributed by atoms with E-state index in [-0.39, 0.29) is 30.7 Å². The number of carbonyl (C=O) groups excluding carboxylic acids is 1. The highest BCUT2D eigenvalue weighted by Crippen LogP contribution is 2.31. The Kier molecular flexibility index (Phi) is 3.75. The van der Waals surface area contributed by atoms with Gasteiger partial charge in [-0.3, -0.25) is 4.79 Å². The largest absolute Gasteiger partial charge is 0.465 e. The highest BCUT2D eigenvalue weighted by atomic mass is 16.5. The summed E-state index contributed by atoms with van der Waals surface area (Å²) >= 11 is 0. The zero-order valence-electron chi connectivity index (χ0n) is 10.8. The average molecular weight is 256 g/mol. The van der Waals surface area contributed by atoms with Gasteiger partial charge >= 0.3 is 6.09 Å². The van der Waals surface area contributed by atoms with E-state index >= 15 is 0 Å². The van der Waals surface area contributed by atoms with Crippen LogP contribution in [0.4, 0.5) is 4.79 Å². The van der Waals surface area contributed by atoms with Crippen LogP contribution < -0.4 is 0 Å². The van der Waals surface area contributed by atoms with Gasteiger partial charge in [0.2, 0.25) is 5.91 Å². The Morgan fingerprint density at radius 3 is 2.33 bits per heavy atom. The van der Waals surface area contributed by atoms with Crippen LogP contribution in [0.15, 0.2) is 0 Å². The number of carboxylic acid groups (broad SMARTS) is 1. The fourth-order valence-corrected chi connectivity index (χ4v) is 2.85. The Morgan fingerprint density at radius 2 is 1.78 bits per heavy atom. The molecule has 2 heterocycles. The summed E-state index contributed by atoms with van der Waals surface area (Å²) in [5.41, 5.74) is 0. The van der Waals surface area contributed by atoms with Gasteiger partial charge in [-0.15, -0.1) is 0 Å². The third-order valence-corrected chi connectivity index (χ3v) is 3.68. The number of likely N-dealkylation sites (tertiary alicyclic amines) is 2. The van der Waals surface area contributed by atoms with Gasteiger partial charge in [-0.2, -0.15) is 0 Å². The second-order valence-corrected chi connectivity index (χ2v) is 5.13. The molecule has 0 spiro atoms. The minimum absolute atomic E-state index is 0.0227. The molecule has 0 aromatic rings. The molecule has 0 bridgehead atoms. The molecule has 18 heavy (non-hydrogen) atoms. The first-order valence-corrected chi connectivity index (χ1v) is 6.41. The van der Waals surface area contributed by atoms with Crippen LogP contribution in [-0.4, -0.2) is 64.8 Å². The minimum Gasteiger partial charge on any atom is -0.465 e. The molecule has 6 heteroatoms. The molecule has 0 saturated carbocycles. The third-order valence-electron chi connectivity index (χ3n) is 3.68. The number of ether oxygens (including phenoxy) is 1. The fourth-order valence-electron chi connectivity index (χ4n) is 2.85. The van der Waals surface area contributed by atoms with Crippen LogP contribution in [-0.2, 0) is 9.53 Å². The Balaban J connectivity index is 1.94. The maximum atomic E-state index is 12.0. The SMILES string of the molecule is CC(C)OCC(=O)N1CCC2C1CCN2C(=O)O. The van der Waals surface area contributed by atoms with E-state index in [1.807, 2.05) is 13.8 Å². The van der Waals surface area contributed by atoms with E-state index < -0.39 is 6.09 Å². The lowest BCUT2D eigenvalue weighted by atomic mass is 10.1. The Hall–Kier alpha value is -1.30. The third kappa shape index (κ3) is 2.43. The van der Waals surface area contributed by atoms with E-state index in [1.165, 1.54) is 4.90 Å². The van der Waals surface area contributed by atoms with Gasteiger partial charge in [-0.1, -0.05) is 0 Å². The summed E-state index contributed by atoms with van der Waals surface area (Å²) < 4.78 is 5.32. The van der Waals surface area contributed by atoms with Crippen LogP contribution in [0.2, 0.25) is 0 Å². The molecular formula is C12H20N2O4. The lowest BCUT2D eigenvalue weighted by Crippen LogP contribution is -2.42.